The van der Waals surface area contributed by atoms with Crippen LogP contribution in [0.2, 0.25) is 0 Å². The van der Waals surface area contributed by atoms with Crippen molar-refractivity contribution in [2.24, 2.45) is 0 Å². The topological polar surface area (TPSA) is 58.2 Å². The molecule has 0 aliphatic rings. The normalized spacial score (nSPS) is 10.6. The van der Waals surface area contributed by atoms with Gasteiger partial charge in [-0.2, -0.15) is 0 Å². The van der Waals surface area contributed by atoms with Crippen LogP contribution in [0.4, 0.5) is 11.4 Å². The first-order chi connectivity index (χ1) is 20.7. The van der Waals surface area contributed by atoms with E-state index in [1.165, 1.54) is 0 Å². The fourth-order valence-corrected chi connectivity index (χ4v) is 5.00. The van der Waals surface area contributed by atoms with Gasteiger partial charge in [-0.15, -0.1) is 0 Å². The second-order valence-corrected chi connectivity index (χ2v) is 9.89. The molecule has 4 nitrogen and oxygen atoms in total. The highest BCUT2D eigenvalue weighted by Crippen LogP contribution is 2.34. The molecule has 0 saturated carbocycles. The fraction of sp³-hybridized carbons (Fsp3) is 0. The lowest BCUT2D eigenvalue weighted by Crippen LogP contribution is -2.29. The summed E-state index contributed by atoms with van der Waals surface area (Å²) in [7, 11) is 0. The SMILES string of the molecule is O=C(Nc1ccc(-c2ccccc2)cc1-c1ccccc1)C(=O)Nc1ccc(-c2ccccc2)cc1-c1ccccc1. The lowest BCUT2D eigenvalue weighted by Gasteiger charge is -2.16. The summed E-state index contributed by atoms with van der Waals surface area (Å²) < 4.78 is 0. The number of nitrogens with one attached hydrogen (secondary N) is 2. The summed E-state index contributed by atoms with van der Waals surface area (Å²) in [4.78, 5) is 26.5. The average Bonchev–Trinajstić information content (AvgIpc) is 3.06. The minimum atomic E-state index is -0.745. The Bertz CT molecular complexity index is 1700. The van der Waals surface area contributed by atoms with E-state index in [-0.39, 0.29) is 0 Å². The van der Waals surface area contributed by atoms with E-state index < -0.39 is 11.8 Å². The molecule has 0 unspecified atom stereocenters. The summed E-state index contributed by atoms with van der Waals surface area (Å²) in [6.45, 7) is 0. The molecule has 0 heterocycles. The molecular formula is C38H28N2O2. The van der Waals surface area contributed by atoms with Crippen LogP contribution in [0.15, 0.2) is 158 Å². The van der Waals surface area contributed by atoms with Crippen LogP contribution in [0.25, 0.3) is 44.5 Å². The number of amides is 2. The van der Waals surface area contributed by atoms with Crippen molar-refractivity contribution < 1.29 is 9.59 Å². The first-order valence-electron chi connectivity index (χ1n) is 13.8. The number of rotatable bonds is 6. The molecule has 2 N–H and O–H groups in total. The Balaban J connectivity index is 1.29. The van der Waals surface area contributed by atoms with E-state index >= 15 is 0 Å². The van der Waals surface area contributed by atoms with Gasteiger partial charge in [0, 0.05) is 22.5 Å². The van der Waals surface area contributed by atoms with Crippen LogP contribution in [-0.2, 0) is 9.59 Å². The predicted molar refractivity (Wildman–Crippen MR) is 172 cm³/mol. The van der Waals surface area contributed by atoms with Gasteiger partial charge in [-0.05, 0) is 57.6 Å². The first kappa shape index (κ1) is 26.5. The Labute approximate surface area is 245 Å². The molecule has 42 heavy (non-hydrogen) atoms. The quantitative estimate of drug-likeness (QED) is 0.206. The van der Waals surface area contributed by atoms with Crippen LogP contribution < -0.4 is 10.6 Å². The van der Waals surface area contributed by atoms with Gasteiger partial charge in [0.2, 0.25) is 0 Å². The zero-order valence-corrected chi connectivity index (χ0v) is 22.8. The molecule has 0 spiro atoms. The molecule has 0 aliphatic carbocycles. The maximum Gasteiger partial charge on any atom is 0.314 e. The summed E-state index contributed by atoms with van der Waals surface area (Å²) in [5.74, 6) is -1.49. The Morgan fingerprint density at radius 3 is 0.976 bits per heavy atom. The number of anilines is 2. The molecule has 0 aromatic heterocycles. The van der Waals surface area contributed by atoms with Crippen molar-refractivity contribution in [3.05, 3.63) is 158 Å². The van der Waals surface area contributed by atoms with Gasteiger partial charge in [0.25, 0.3) is 0 Å². The minimum absolute atomic E-state index is 0.559. The number of carbonyl (C=O) groups excluding carboxylic acids is 2. The van der Waals surface area contributed by atoms with Gasteiger partial charge in [0.1, 0.15) is 0 Å². The number of hydrogen-bond donors (Lipinski definition) is 2. The fourth-order valence-electron chi connectivity index (χ4n) is 5.00. The Hall–Kier alpha value is -5.74. The standard InChI is InChI=1S/C38H28N2O2/c41-37(39-35-23-21-31(27-13-5-1-6-14-27)25-33(35)29-17-9-3-10-18-29)38(42)40-36-24-22-32(28-15-7-2-8-16-28)26-34(36)30-19-11-4-12-20-30/h1-26H,(H,39,41)(H,40,42). The second kappa shape index (κ2) is 12.2. The maximum atomic E-state index is 13.3. The van der Waals surface area contributed by atoms with Crippen molar-refractivity contribution in [1.82, 2.24) is 0 Å². The van der Waals surface area contributed by atoms with Gasteiger partial charge in [-0.25, -0.2) is 0 Å². The first-order valence-corrected chi connectivity index (χ1v) is 13.8. The lowest BCUT2D eigenvalue weighted by atomic mass is 9.97. The molecule has 6 rings (SSSR count). The largest absolute Gasteiger partial charge is 0.317 e. The van der Waals surface area contributed by atoms with Crippen LogP contribution in [0.1, 0.15) is 0 Å². The van der Waals surface area contributed by atoms with Gasteiger partial charge in [0.05, 0.1) is 0 Å². The van der Waals surface area contributed by atoms with Crippen molar-refractivity contribution in [3.63, 3.8) is 0 Å². The molecule has 2 amide bonds. The third-order valence-electron chi connectivity index (χ3n) is 7.13. The van der Waals surface area contributed by atoms with Crippen LogP contribution in [0, 0.1) is 0 Å². The summed E-state index contributed by atoms with van der Waals surface area (Å²) >= 11 is 0. The zero-order valence-electron chi connectivity index (χ0n) is 22.8. The van der Waals surface area contributed by atoms with E-state index in [2.05, 4.69) is 10.6 Å². The maximum absolute atomic E-state index is 13.3. The number of carbonyl (C=O) groups is 2. The minimum Gasteiger partial charge on any atom is -0.317 e. The summed E-state index contributed by atoms with van der Waals surface area (Å²) in [5, 5.41) is 5.71. The Kier molecular flexibility index (Phi) is 7.69. The third kappa shape index (κ3) is 5.88. The average molecular weight is 545 g/mol. The summed E-state index contributed by atoms with van der Waals surface area (Å²) in [6.07, 6.45) is 0. The molecule has 0 atom stereocenters. The van der Waals surface area contributed by atoms with Gasteiger partial charge in [-0.3, -0.25) is 9.59 Å². The monoisotopic (exact) mass is 544 g/mol. The van der Waals surface area contributed by atoms with E-state index in [0.29, 0.717) is 11.4 Å². The number of hydrogen-bond acceptors (Lipinski definition) is 2. The molecular weight excluding hydrogens is 516 g/mol. The molecule has 0 saturated heterocycles. The van der Waals surface area contributed by atoms with Gasteiger partial charge in [-0.1, -0.05) is 133 Å². The molecule has 202 valence electrons. The van der Waals surface area contributed by atoms with E-state index in [0.717, 1.165) is 44.5 Å². The van der Waals surface area contributed by atoms with E-state index in [9.17, 15) is 9.59 Å². The van der Waals surface area contributed by atoms with E-state index in [1.54, 1.807) is 0 Å². The van der Waals surface area contributed by atoms with Gasteiger partial charge < -0.3 is 10.6 Å². The molecule has 4 heteroatoms. The summed E-state index contributed by atoms with van der Waals surface area (Å²) in [6, 6.07) is 51.4. The Morgan fingerprint density at radius 1 is 0.333 bits per heavy atom. The molecule has 0 aliphatic heterocycles. The molecule has 0 radical (unpaired) electrons. The van der Waals surface area contributed by atoms with Crippen molar-refractivity contribution in [2.75, 3.05) is 10.6 Å². The van der Waals surface area contributed by atoms with Gasteiger partial charge in [0.15, 0.2) is 0 Å². The van der Waals surface area contributed by atoms with E-state index in [4.69, 9.17) is 0 Å². The highest BCUT2D eigenvalue weighted by Gasteiger charge is 2.19. The van der Waals surface area contributed by atoms with Crippen LogP contribution in [0.3, 0.4) is 0 Å². The second-order valence-electron chi connectivity index (χ2n) is 9.89. The molecule has 0 bridgehead atoms. The Morgan fingerprint density at radius 2 is 0.643 bits per heavy atom. The van der Waals surface area contributed by atoms with Crippen molar-refractivity contribution in [2.45, 2.75) is 0 Å². The van der Waals surface area contributed by atoms with Crippen LogP contribution >= 0.6 is 0 Å². The van der Waals surface area contributed by atoms with Crippen LogP contribution in [0.5, 0.6) is 0 Å². The lowest BCUT2D eigenvalue weighted by molar-refractivity contribution is -0.132. The predicted octanol–water partition coefficient (Wildman–Crippen LogP) is 8.93. The van der Waals surface area contributed by atoms with Crippen molar-refractivity contribution in [1.29, 1.82) is 0 Å². The van der Waals surface area contributed by atoms with Crippen molar-refractivity contribution >= 4 is 23.2 Å². The highest BCUT2D eigenvalue weighted by atomic mass is 16.2. The number of benzene rings is 6. The molecule has 6 aromatic carbocycles. The van der Waals surface area contributed by atoms with Crippen molar-refractivity contribution in [3.8, 4) is 44.5 Å². The van der Waals surface area contributed by atoms with E-state index in [1.807, 2.05) is 158 Å². The third-order valence-corrected chi connectivity index (χ3v) is 7.13. The smallest absolute Gasteiger partial charge is 0.314 e. The molecule has 0 fully saturated rings. The summed E-state index contributed by atoms with van der Waals surface area (Å²) in [5.41, 5.74) is 8.82. The van der Waals surface area contributed by atoms with Crippen LogP contribution in [-0.4, -0.2) is 11.8 Å². The zero-order chi connectivity index (χ0) is 28.7. The van der Waals surface area contributed by atoms with Gasteiger partial charge >= 0.3 is 11.8 Å². The highest BCUT2D eigenvalue weighted by molar-refractivity contribution is 6.44. The molecule has 6 aromatic rings.